The third-order valence-electron chi connectivity index (χ3n) is 4.33. The van der Waals surface area contributed by atoms with Gasteiger partial charge in [0.15, 0.2) is 0 Å². The molecule has 0 atom stereocenters. The molecule has 1 saturated heterocycles. The number of rotatable bonds is 7. The molecule has 0 unspecified atom stereocenters. The van der Waals surface area contributed by atoms with Crippen molar-refractivity contribution < 1.29 is 9.47 Å². The van der Waals surface area contributed by atoms with E-state index in [2.05, 4.69) is 61.0 Å². The van der Waals surface area contributed by atoms with Crippen molar-refractivity contribution in [1.82, 2.24) is 4.90 Å². The largest absolute Gasteiger partial charge is 0.489 e. The molecule has 1 aliphatic heterocycles. The third-order valence-corrected chi connectivity index (χ3v) is 5.32. The first-order chi connectivity index (χ1) is 12.2. The molecule has 0 bridgehead atoms. The Morgan fingerprint density at radius 3 is 2.60 bits per heavy atom. The van der Waals surface area contributed by atoms with Crippen LogP contribution in [0.15, 0.2) is 51.4 Å². The molecule has 0 N–H and O–H groups in total. The molecule has 2 aromatic rings. The molecule has 25 heavy (non-hydrogen) atoms. The van der Waals surface area contributed by atoms with Crippen molar-refractivity contribution >= 4 is 31.9 Å². The summed E-state index contributed by atoms with van der Waals surface area (Å²) in [5.74, 6) is 0.977. The highest BCUT2D eigenvalue weighted by Crippen LogP contribution is 2.26. The first-order valence-electron chi connectivity index (χ1n) is 8.66. The Balaban J connectivity index is 1.57. The van der Waals surface area contributed by atoms with Crippen molar-refractivity contribution in [2.75, 3.05) is 32.8 Å². The van der Waals surface area contributed by atoms with Crippen LogP contribution in [0, 0.1) is 0 Å². The Morgan fingerprint density at radius 1 is 1.00 bits per heavy atom. The molecule has 1 fully saturated rings. The van der Waals surface area contributed by atoms with Gasteiger partial charge in [-0.3, -0.25) is 4.90 Å². The summed E-state index contributed by atoms with van der Waals surface area (Å²) in [5.41, 5.74) is 2.43. The Morgan fingerprint density at radius 2 is 1.80 bits per heavy atom. The van der Waals surface area contributed by atoms with Crippen LogP contribution in [0.5, 0.6) is 5.75 Å². The molecule has 1 aliphatic rings. The van der Waals surface area contributed by atoms with Crippen LogP contribution in [-0.2, 0) is 17.8 Å². The maximum absolute atomic E-state index is 6.10. The summed E-state index contributed by atoms with van der Waals surface area (Å²) in [6.07, 6.45) is 2.15. The van der Waals surface area contributed by atoms with Crippen molar-refractivity contribution in [1.29, 1.82) is 0 Å². The maximum Gasteiger partial charge on any atom is 0.123 e. The number of morpholine rings is 1. The summed E-state index contributed by atoms with van der Waals surface area (Å²) in [7, 11) is 0. The molecule has 0 amide bonds. The van der Waals surface area contributed by atoms with Crippen LogP contribution in [0.3, 0.4) is 0 Å². The summed E-state index contributed by atoms with van der Waals surface area (Å²) < 4.78 is 13.7. The van der Waals surface area contributed by atoms with Crippen molar-refractivity contribution in [2.45, 2.75) is 19.4 Å². The number of benzene rings is 2. The van der Waals surface area contributed by atoms with Crippen LogP contribution in [-0.4, -0.2) is 37.7 Å². The second-order valence-electron chi connectivity index (χ2n) is 6.23. The van der Waals surface area contributed by atoms with Crippen LogP contribution in [0.4, 0.5) is 0 Å². The monoisotopic (exact) mass is 467 g/mol. The fourth-order valence-corrected chi connectivity index (χ4v) is 3.85. The molecular formula is C20H23Br2NO2. The van der Waals surface area contributed by atoms with Gasteiger partial charge in [-0.1, -0.05) is 44.0 Å². The predicted molar refractivity (Wildman–Crippen MR) is 108 cm³/mol. The SMILES string of the molecule is Brc1cccc(COc2ccc(Br)cc2CCCN2CCOCC2)c1. The van der Waals surface area contributed by atoms with E-state index in [4.69, 9.17) is 9.47 Å². The van der Waals surface area contributed by atoms with Crippen LogP contribution < -0.4 is 4.74 Å². The van der Waals surface area contributed by atoms with Gasteiger partial charge in [-0.25, -0.2) is 0 Å². The van der Waals surface area contributed by atoms with Gasteiger partial charge in [-0.05, 0) is 60.8 Å². The van der Waals surface area contributed by atoms with Gasteiger partial charge in [0.25, 0.3) is 0 Å². The molecule has 0 aromatic heterocycles. The Kier molecular flexibility index (Phi) is 7.35. The molecular weight excluding hydrogens is 446 g/mol. The fraction of sp³-hybridized carbons (Fsp3) is 0.400. The summed E-state index contributed by atoms with van der Waals surface area (Å²) in [6.45, 7) is 5.50. The lowest BCUT2D eigenvalue weighted by Gasteiger charge is -2.26. The second kappa shape index (κ2) is 9.72. The Hall–Kier alpha value is -0.880. The maximum atomic E-state index is 6.10. The van der Waals surface area contributed by atoms with E-state index in [1.165, 1.54) is 5.56 Å². The number of nitrogens with zero attached hydrogens (tertiary/aromatic N) is 1. The summed E-state index contributed by atoms with van der Waals surface area (Å²) in [6, 6.07) is 14.5. The third kappa shape index (κ3) is 6.10. The number of halogens is 2. The second-order valence-corrected chi connectivity index (χ2v) is 8.06. The quantitative estimate of drug-likeness (QED) is 0.567. The molecule has 1 heterocycles. The molecule has 3 nitrogen and oxygen atoms in total. The number of hydrogen-bond acceptors (Lipinski definition) is 3. The zero-order chi connectivity index (χ0) is 17.5. The molecule has 3 rings (SSSR count). The predicted octanol–water partition coefficient (Wildman–Crippen LogP) is 5.06. The van der Waals surface area contributed by atoms with Crippen molar-refractivity contribution in [3.8, 4) is 5.75 Å². The molecule has 0 spiro atoms. The van der Waals surface area contributed by atoms with Crippen LogP contribution in [0.25, 0.3) is 0 Å². The van der Waals surface area contributed by atoms with Gasteiger partial charge in [0, 0.05) is 22.0 Å². The van der Waals surface area contributed by atoms with E-state index in [-0.39, 0.29) is 0 Å². The van der Waals surface area contributed by atoms with E-state index >= 15 is 0 Å². The standard InChI is InChI=1S/C20H23Br2NO2/c21-18-5-1-3-16(13-18)15-25-20-7-6-19(22)14-17(20)4-2-8-23-9-11-24-12-10-23/h1,3,5-7,13-14H,2,4,8-12,15H2. The minimum absolute atomic E-state index is 0.581. The smallest absolute Gasteiger partial charge is 0.123 e. The highest BCUT2D eigenvalue weighted by molar-refractivity contribution is 9.10. The average Bonchev–Trinajstić information content (AvgIpc) is 2.62. The lowest BCUT2D eigenvalue weighted by molar-refractivity contribution is 0.0374. The first kappa shape index (κ1) is 18.9. The minimum atomic E-state index is 0.581. The van der Waals surface area contributed by atoms with Gasteiger partial charge in [0.05, 0.1) is 13.2 Å². The summed E-state index contributed by atoms with van der Waals surface area (Å²) >= 11 is 7.09. The lowest BCUT2D eigenvalue weighted by atomic mass is 10.1. The Labute approximate surface area is 166 Å². The van der Waals surface area contributed by atoms with E-state index in [0.717, 1.165) is 65.9 Å². The molecule has 5 heteroatoms. The molecule has 0 saturated carbocycles. The number of aryl methyl sites for hydroxylation is 1. The minimum Gasteiger partial charge on any atom is -0.489 e. The number of ether oxygens (including phenoxy) is 2. The van der Waals surface area contributed by atoms with Crippen LogP contribution >= 0.6 is 31.9 Å². The van der Waals surface area contributed by atoms with E-state index in [0.29, 0.717) is 6.61 Å². The van der Waals surface area contributed by atoms with Gasteiger partial charge in [-0.2, -0.15) is 0 Å². The summed E-state index contributed by atoms with van der Waals surface area (Å²) in [4.78, 5) is 2.48. The molecule has 0 radical (unpaired) electrons. The average molecular weight is 469 g/mol. The topological polar surface area (TPSA) is 21.7 Å². The normalized spacial score (nSPS) is 15.3. The summed E-state index contributed by atoms with van der Waals surface area (Å²) in [5, 5.41) is 0. The van der Waals surface area contributed by atoms with E-state index < -0.39 is 0 Å². The van der Waals surface area contributed by atoms with Crippen LogP contribution in [0.2, 0.25) is 0 Å². The van der Waals surface area contributed by atoms with E-state index in [1.807, 2.05) is 18.2 Å². The highest BCUT2D eigenvalue weighted by Gasteiger charge is 2.11. The zero-order valence-electron chi connectivity index (χ0n) is 14.2. The molecule has 2 aromatic carbocycles. The van der Waals surface area contributed by atoms with Crippen LogP contribution in [0.1, 0.15) is 17.5 Å². The van der Waals surface area contributed by atoms with Crippen molar-refractivity contribution in [3.05, 3.63) is 62.5 Å². The zero-order valence-corrected chi connectivity index (χ0v) is 17.4. The molecule has 0 aliphatic carbocycles. The van der Waals surface area contributed by atoms with Crippen molar-refractivity contribution in [2.24, 2.45) is 0 Å². The van der Waals surface area contributed by atoms with Gasteiger partial charge >= 0.3 is 0 Å². The molecule has 134 valence electrons. The van der Waals surface area contributed by atoms with Gasteiger partial charge in [-0.15, -0.1) is 0 Å². The van der Waals surface area contributed by atoms with Gasteiger partial charge in [0.1, 0.15) is 12.4 Å². The van der Waals surface area contributed by atoms with Gasteiger partial charge in [0.2, 0.25) is 0 Å². The van der Waals surface area contributed by atoms with E-state index in [9.17, 15) is 0 Å². The van der Waals surface area contributed by atoms with E-state index in [1.54, 1.807) is 0 Å². The lowest BCUT2D eigenvalue weighted by Crippen LogP contribution is -2.36. The fourth-order valence-electron chi connectivity index (χ4n) is 2.99. The number of hydrogen-bond donors (Lipinski definition) is 0. The first-order valence-corrected chi connectivity index (χ1v) is 10.2. The van der Waals surface area contributed by atoms with Gasteiger partial charge < -0.3 is 9.47 Å². The van der Waals surface area contributed by atoms with Crippen molar-refractivity contribution in [3.63, 3.8) is 0 Å². The highest BCUT2D eigenvalue weighted by atomic mass is 79.9. The Bertz CT molecular complexity index is 687.